The number of halogens is 3. The molecule has 2 N–H and O–H groups in total. The maximum absolute atomic E-state index is 12.6. The number of aliphatic hydroxyl groups excluding tert-OH is 2. The maximum atomic E-state index is 12.6. The summed E-state index contributed by atoms with van der Waals surface area (Å²) in [7, 11) is 0. The van der Waals surface area contributed by atoms with Crippen LogP contribution >= 0.6 is 0 Å². The van der Waals surface area contributed by atoms with Gasteiger partial charge in [-0.2, -0.15) is 13.2 Å². The highest BCUT2D eigenvalue weighted by molar-refractivity contribution is 5.70. The molecular formula is C14H17F3O4. The van der Waals surface area contributed by atoms with Gasteiger partial charge in [-0.1, -0.05) is 12.1 Å². The van der Waals surface area contributed by atoms with Crippen molar-refractivity contribution in [1.29, 1.82) is 0 Å². The lowest BCUT2D eigenvalue weighted by molar-refractivity contribution is -0.147. The highest BCUT2D eigenvalue weighted by Gasteiger charge is 2.33. The summed E-state index contributed by atoms with van der Waals surface area (Å²) in [6, 6.07) is 3.06. The first-order chi connectivity index (χ1) is 9.66. The van der Waals surface area contributed by atoms with Crippen LogP contribution in [-0.4, -0.2) is 28.9 Å². The van der Waals surface area contributed by atoms with Crippen LogP contribution in [0.15, 0.2) is 18.2 Å². The predicted molar refractivity (Wildman–Crippen MR) is 68.4 cm³/mol. The van der Waals surface area contributed by atoms with Gasteiger partial charge in [-0.25, -0.2) is 0 Å². The van der Waals surface area contributed by atoms with Gasteiger partial charge in [0.1, 0.15) is 6.10 Å². The van der Waals surface area contributed by atoms with E-state index in [4.69, 9.17) is 0 Å². The van der Waals surface area contributed by atoms with Crippen molar-refractivity contribution in [1.82, 2.24) is 0 Å². The van der Waals surface area contributed by atoms with Crippen molar-refractivity contribution in [3.8, 4) is 0 Å². The lowest BCUT2D eigenvalue weighted by Crippen LogP contribution is -2.23. The molecule has 0 saturated heterocycles. The Morgan fingerprint density at radius 2 is 1.95 bits per heavy atom. The summed E-state index contributed by atoms with van der Waals surface area (Å²) in [5.41, 5.74) is -0.766. The molecule has 118 valence electrons. The minimum atomic E-state index is -4.48. The van der Waals surface area contributed by atoms with Crippen LogP contribution < -0.4 is 0 Å². The number of carbonyl (C=O) groups excluding carboxylic acids is 1. The van der Waals surface area contributed by atoms with Gasteiger partial charge in [0, 0.05) is 0 Å². The Balaban J connectivity index is 2.86. The van der Waals surface area contributed by atoms with Crippen LogP contribution in [0, 0.1) is 6.92 Å². The van der Waals surface area contributed by atoms with Crippen molar-refractivity contribution in [2.24, 2.45) is 0 Å². The Labute approximate surface area is 120 Å². The smallest absolute Gasteiger partial charge is 0.416 e. The SMILES string of the molecule is CCOC(=O)CC(O)C(O)c1ccc(C(F)(F)F)c(C)c1. The average molecular weight is 306 g/mol. The molecule has 21 heavy (non-hydrogen) atoms. The second kappa shape index (κ2) is 6.91. The standard InChI is InChI=1S/C14H17F3O4/c1-3-21-12(19)7-11(18)13(20)9-4-5-10(8(2)6-9)14(15,16)17/h4-6,11,13,18,20H,3,7H2,1-2H3. The van der Waals surface area contributed by atoms with Crippen molar-refractivity contribution in [2.75, 3.05) is 6.61 Å². The van der Waals surface area contributed by atoms with Crippen molar-refractivity contribution < 1.29 is 32.9 Å². The zero-order valence-corrected chi connectivity index (χ0v) is 11.6. The number of esters is 1. The molecule has 0 aliphatic heterocycles. The molecule has 0 radical (unpaired) electrons. The minimum absolute atomic E-state index is 0.0672. The maximum Gasteiger partial charge on any atom is 0.416 e. The van der Waals surface area contributed by atoms with Crippen molar-refractivity contribution in [3.05, 3.63) is 34.9 Å². The number of carbonyl (C=O) groups is 1. The Morgan fingerprint density at radius 3 is 2.43 bits per heavy atom. The van der Waals surface area contributed by atoms with E-state index in [2.05, 4.69) is 4.74 Å². The average Bonchev–Trinajstić information content (AvgIpc) is 2.36. The van der Waals surface area contributed by atoms with Crippen LogP contribution in [-0.2, 0) is 15.7 Å². The van der Waals surface area contributed by atoms with E-state index in [9.17, 15) is 28.2 Å². The summed E-state index contributed by atoms with van der Waals surface area (Å²) < 4.78 is 42.5. The van der Waals surface area contributed by atoms with Gasteiger partial charge < -0.3 is 14.9 Å². The van der Waals surface area contributed by atoms with Gasteiger partial charge >= 0.3 is 12.1 Å². The molecule has 4 nitrogen and oxygen atoms in total. The molecular weight excluding hydrogens is 289 g/mol. The number of rotatable bonds is 5. The van der Waals surface area contributed by atoms with Crippen LogP contribution in [0.3, 0.4) is 0 Å². The number of alkyl halides is 3. The van der Waals surface area contributed by atoms with Gasteiger partial charge in [0.05, 0.1) is 24.7 Å². The predicted octanol–water partition coefficient (Wildman–Crippen LogP) is 2.36. The summed E-state index contributed by atoms with van der Waals surface area (Å²) in [6.45, 7) is 3.00. The molecule has 0 aliphatic carbocycles. The Kier molecular flexibility index (Phi) is 5.74. The second-order valence-electron chi connectivity index (χ2n) is 4.59. The van der Waals surface area contributed by atoms with Gasteiger partial charge in [0.25, 0.3) is 0 Å². The molecule has 0 amide bonds. The van der Waals surface area contributed by atoms with E-state index in [1.807, 2.05) is 0 Å². The molecule has 1 aromatic rings. The number of benzene rings is 1. The second-order valence-corrected chi connectivity index (χ2v) is 4.59. The fraction of sp³-hybridized carbons (Fsp3) is 0.500. The minimum Gasteiger partial charge on any atom is -0.466 e. The molecule has 1 aromatic carbocycles. The van der Waals surface area contributed by atoms with Gasteiger partial charge in [0.2, 0.25) is 0 Å². The van der Waals surface area contributed by atoms with E-state index in [-0.39, 0.29) is 17.7 Å². The van der Waals surface area contributed by atoms with Crippen LogP contribution in [0.5, 0.6) is 0 Å². The molecule has 0 aromatic heterocycles. The Morgan fingerprint density at radius 1 is 1.33 bits per heavy atom. The summed E-state index contributed by atoms with van der Waals surface area (Å²) in [5.74, 6) is -0.687. The Hall–Kier alpha value is -1.60. The van der Waals surface area contributed by atoms with E-state index >= 15 is 0 Å². The van der Waals surface area contributed by atoms with Gasteiger partial charge in [0.15, 0.2) is 0 Å². The summed E-state index contributed by atoms with van der Waals surface area (Å²) >= 11 is 0. The largest absolute Gasteiger partial charge is 0.466 e. The number of hydrogen-bond acceptors (Lipinski definition) is 4. The molecule has 0 spiro atoms. The molecule has 2 unspecified atom stereocenters. The summed E-state index contributed by atoms with van der Waals surface area (Å²) in [6.07, 6.45) is -7.82. The fourth-order valence-electron chi connectivity index (χ4n) is 1.91. The van der Waals surface area contributed by atoms with Gasteiger partial charge in [-0.05, 0) is 31.0 Å². The third-order valence-corrected chi connectivity index (χ3v) is 2.94. The summed E-state index contributed by atoms with van der Waals surface area (Å²) in [4.78, 5) is 11.2. The molecule has 2 atom stereocenters. The number of aryl methyl sites for hydroxylation is 1. The first-order valence-corrected chi connectivity index (χ1v) is 6.36. The molecule has 0 saturated carbocycles. The lowest BCUT2D eigenvalue weighted by atomic mass is 9.97. The van der Waals surface area contributed by atoms with E-state index in [0.29, 0.717) is 0 Å². The lowest BCUT2D eigenvalue weighted by Gasteiger charge is -2.19. The van der Waals surface area contributed by atoms with Crippen LogP contribution in [0.2, 0.25) is 0 Å². The van der Waals surface area contributed by atoms with E-state index in [1.165, 1.54) is 6.92 Å². The molecule has 0 bridgehead atoms. The number of aliphatic hydroxyl groups is 2. The van der Waals surface area contributed by atoms with Gasteiger partial charge in [-0.15, -0.1) is 0 Å². The van der Waals surface area contributed by atoms with Crippen molar-refractivity contribution >= 4 is 5.97 Å². The van der Waals surface area contributed by atoms with Crippen LogP contribution in [0.1, 0.15) is 36.1 Å². The first-order valence-electron chi connectivity index (χ1n) is 6.36. The first kappa shape index (κ1) is 17.5. The molecule has 0 fully saturated rings. The fourth-order valence-corrected chi connectivity index (χ4v) is 1.91. The van der Waals surface area contributed by atoms with Crippen molar-refractivity contribution in [2.45, 2.75) is 38.7 Å². The van der Waals surface area contributed by atoms with E-state index in [0.717, 1.165) is 18.2 Å². The zero-order chi connectivity index (χ0) is 16.2. The van der Waals surface area contributed by atoms with Crippen LogP contribution in [0.25, 0.3) is 0 Å². The van der Waals surface area contributed by atoms with Crippen molar-refractivity contribution in [3.63, 3.8) is 0 Å². The number of hydrogen-bond donors (Lipinski definition) is 2. The Bertz CT molecular complexity index is 499. The number of ether oxygens (including phenoxy) is 1. The molecule has 0 heterocycles. The third kappa shape index (κ3) is 4.71. The third-order valence-electron chi connectivity index (χ3n) is 2.94. The molecule has 7 heteroatoms. The molecule has 1 rings (SSSR count). The van der Waals surface area contributed by atoms with Crippen LogP contribution in [0.4, 0.5) is 13.2 Å². The van der Waals surface area contributed by atoms with Gasteiger partial charge in [-0.3, -0.25) is 4.79 Å². The zero-order valence-electron chi connectivity index (χ0n) is 11.6. The quantitative estimate of drug-likeness (QED) is 0.820. The van der Waals surface area contributed by atoms with E-state index in [1.54, 1.807) is 6.92 Å². The normalized spacial score (nSPS) is 14.6. The summed E-state index contributed by atoms with van der Waals surface area (Å²) in [5, 5.41) is 19.6. The van der Waals surface area contributed by atoms with E-state index < -0.39 is 36.3 Å². The monoisotopic (exact) mass is 306 g/mol. The topological polar surface area (TPSA) is 66.8 Å². The molecule has 0 aliphatic rings. The highest BCUT2D eigenvalue weighted by atomic mass is 19.4. The highest BCUT2D eigenvalue weighted by Crippen LogP contribution is 2.33.